The average Bonchev–Trinajstić information content (AvgIpc) is 2.86. The van der Waals surface area contributed by atoms with Crippen LogP contribution in [0.3, 0.4) is 0 Å². The Hall–Kier alpha value is -0.830. The quantitative estimate of drug-likeness (QED) is 0.875. The number of thiophene rings is 1. The number of rotatable bonds is 2. The molecule has 0 fully saturated rings. The van der Waals surface area contributed by atoms with E-state index in [1.807, 2.05) is 30.3 Å². The van der Waals surface area contributed by atoms with Crippen molar-refractivity contribution in [3.63, 3.8) is 0 Å². The fraction of sp³-hybridized carbons (Fsp3) is 0.286. The molecule has 3 rings (SSSR count). The van der Waals surface area contributed by atoms with Gasteiger partial charge in [-0.1, -0.05) is 35.9 Å². The van der Waals surface area contributed by atoms with Crippen LogP contribution in [0, 0.1) is 0 Å². The van der Waals surface area contributed by atoms with Crippen molar-refractivity contribution in [1.29, 1.82) is 0 Å². The number of fused-ring (bicyclic) bond motifs is 1. The van der Waals surface area contributed by atoms with Gasteiger partial charge in [-0.15, -0.1) is 11.3 Å². The molecule has 3 heteroatoms. The predicted octanol–water partition coefficient (Wildman–Crippen LogP) is 3.78. The maximum Gasteiger partial charge on any atom is 0.0950 e. The van der Waals surface area contributed by atoms with Gasteiger partial charge in [0.25, 0.3) is 0 Å². The number of benzene rings is 1. The number of aryl methyl sites for hydroxylation is 1. The molecule has 1 heterocycles. The monoisotopic (exact) mass is 264 g/mol. The number of hydrogen-bond acceptors (Lipinski definition) is 2. The Morgan fingerprint density at radius 3 is 2.82 bits per heavy atom. The van der Waals surface area contributed by atoms with Gasteiger partial charge in [0.15, 0.2) is 0 Å². The number of halogens is 1. The molecule has 1 unspecified atom stereocenters. The zero-order valence-electron chi connectivity index (χ0n) is 9.32. The fourth-order valence-corrected chi connectivity index (χ4v) is 3.78. The SMILES string of the molecule is OC1(Cc2ccc(Cl)s2)CCc2ccccc21. The first-order valence-corrected chi connectivity index (χ1v) is 6.92. The van der Waals surface area contributed by atoms with Gasteiger partial charge in [0.1, 0.15) is 0 Å². The minimum atomic E-state index is -0.704. The molecule has 17 heavy (non-hydrogen) atoms. The van der Waals surface area contributed by atoms with E-state index in [-0.39, 0.29) is 0 Å². The summed E-state index contributed by atoms with van der Waals surface area (Å²) in [5.74, 6) is 0. The molecule has 0 saturated heterocycles. The van der Waals surface area contributed by atoms with Crippen LogP contribution in [0.25, 0.3) is 0 Å². The highest BCUT2D eigenvalue weighted by Crippen LogP contribution is 2.40. The topological polar surface area (TPSA) is 20.2 Å². The van der Waals surface area contributed by atoms with Crippen molar-refractivity contribution < 1.29 is 5.11 Å². The number of hydrogen-bond donors (Lipinski definition) is 1. The van der Waals surface area contributed by atoms with Crippen molar-refractivity contribution in [2.45, 2.75) is 24.9 Å². The summed E-state index contributed by atoms with van der Waals surface area (Å²) >= 11 is 7.48. The summed E-state index contributed by atoms with van der Waals surface area (Å²) in [4.78, 5) is 1.15. The Balaban J connectivity index is 1.93. The van der Waals surface area contributed by atoms with E-state index in [1.54, 1.807) is 11.3 Å². The lowest BCUT2D eigenvalue weighted by molar-refractivity contribution is 0.0398. The van der Waals surface area contributed by atoms with Gasteiger partial charge in [0, 0.05) is 11.3 Å². The maximum atomic E-state index is 10.8. The molecular formula is C14H13ClOS. The molecule has 1 nitrogen and oxygen atoms in total. The van der Waals surface area contributed by atoms with Gasteiger partial charge in [-0.05, 0) is 36.1 Å². The van der Waals surface area contributed by atoms with E-state index in [0.29, 0.717) is 6.42 Å². The summed E-state index contributed by atoms with van der Waals surface area (Å²) in [5, 5.41) is 10.8. The largest absolute Gasteiger partial charge is 0.385 e. The molecule has 1 aromatic carbocycles. The first-order valence-electron chi connectivity index (χ1n) is 5.72. The molecule has 0 aliphatic heterocycles. The van der Waals surface area contributed by atoms with E-state index in [2.05, 4.69) is 6.07 Å². The predicted molar refractivity (Wildman–Crippen MR) is 71.7 cm³/mol. The Morgan fingerprint density at radius 2 is 2.06 bits per heavy atom. The van der Waals surface area contributed by atoms with Gasteiger partial charge in [-0.3, -0.25) is 0 Å². The minimum absolute atomic E-state index is 0.668. The molecule has 1 aliphatic rings. The van der Waals surface area contributed by atoms with Gasteiger partial charge >= 0.3 is 0 Å². The van der Waals surface area contributed by atoms with E-state index < -0.39 is 5.60 Å². The van der Waals surface area contributed by atoms with E-state index in [4.69, 9.17) is 11.6 Å². The molecule has 0 saturated carbocycles. The molecule has 0 spiro atoms. The molecule has 88 valence electrons. The molecule has 0 bridgehead atoms. The van der Waals surface area contributed by atoms with Crippen LogP contribution in [0.5, 0.6) is 0 Å². The first kappa shape index (κ1) is 11.3. The summed E-state index contributed by atoms with van der Waals surface area (Å²) in [6, 6.07) is 12.1. The van der Waals surface area contributed by atoms with Crippen LogP contribution < -0.4 is 0 Å². The molecule has 2 aromatic rings. The van der Waals surface area contributed by atoms with Crippen molar-refractivity contribution in [3.8, 4) is 0 Å². The highest BCUT2D eigenvalue weighted by Gasteiger charge is 2.36. The lowest BCUT2D eigenvalue weighted by Crippen LogP contribution is -2.24. The summed E-state index contributed by atoms with van der Waals surface area (Å²) in [6.45, 7) is 0. The molecular weight excluding hydrogens is 252 g/mol. The van der Waals surface area contributed by atoms with Crippen LogP contribution in [0.4, 0.5) is 0 Å². The van der Waals surface area contributed by atoms with Crippen LogP contribution in [0.2, 0.25) is 4.34 Å². The summed E-state index contributed by atoms with van der Waals surface area (Å²) < 4.78 is 0.787. The van der Waals surface area contributed by atoms with E-state index >= 15 is 0 Å². The summed E-state index contributed by atoms with van der Waals surface area (Å²) in [7, 11) is 0. The Bertz CT molecular complexity index is 549. The van der Waals surface area contributed by atoms with Crippen LogP contribution in [-0.4, -0.2) is 5.11 Å². The summed E-state index contributed by atoms with van der Waals surface area (Å²) in [6.07, 6.45) is 2.44. The summed E-state index contributed by atoms with van der Waals surface area (Å²) in [5.41, 5.74) is 1.66. The van der Waals surface area contributed by atoms with Crippen molar-refractivity contribution in [1.82, 2.24) is 0 Å². The highest BCUT2D eigenvalue weighted by molar-refractivity contribution is 7.16. The highest BCUT2D eigenvalue weighted by atomic mass is 35.5. The second kappa shape index (κ2) is 4.13. The van der Waals surface area contributed by atoms with Gasteiger partial charge < -0.3 is 5.11 Å². The standard InChI is InChI=1S/C14H13ClOS/c15-13-6-5-11(17-13)9-14(16)8-7-10-3-1-2-4-12(10)14/h1-6,16H,7-9H2. The van der Waals surface area contributed by atoms with Crippen LogP contribution in [0.15, 0.2) is 36.4 Å². The first-order chi connectivity index (χ1) is 8.17. The molecule has 1 N–H and O–H groups in total. The maximum absolute atomic E-state index is 10.8. The van der Waals surface area contributed by atoms with Gasteiger partial charge in [0.2, 0.25) is 0 Å². The van der Waals surface area contributed by atoms with Crippen molar-refractivity contribution >= 4 is 22.9 Å². The van der Waals surface area contributed by atoms with Gasteiger partial charge in [0.05, 0.1) is 9.94 Å². The lowest BCUT2D eigenvalue weighted by Gasteiger charge is -2.23. The van der Waals surface area contributed by atoms with Gasteiger partial charge in [-0.2, -0.15) is 0 Å². The normalized spacial score (nSPS) is 22.7. The Labute approximate surface area is 110 Å². The molecule has 1 atom stereocenters. The third-order valence-electron chi connectivity index (χ3n) is 3.42. The fourth-order valence-electron chi connectivity index (χ4n) is 2.59. The van der Waals surface area contributed by atoms with E-state index in [9.17, 15) is 5.11 Å². The molecule has 1 aliphatic carbocycles. The smallest absolute Gasteiger partial charge is 0.0950 e. The average molecular weight is 265 g/mol. The van der Waals surface area contributed by atoms with Crippen molar-refractivity contribution in [3.05, 3.63) is 56.7 Å². The van der Waals surface area contributed by atoms with Crippen LogP contribution >= 0.6 is 22.9 Å². The molecule has 0 radical (unpaired) electrons. The van der Waals surface area contributed by atoms with Crippen molar-refractivity contribution in [2.75, 3.05) is 0 Å². The zero-order valence-corrected chi connectivity index (χ0v) is 10.9. The zero-order chi connectivity index (χ0) is 11.9. The molecule has 1 aromatic heterocycles. The van der Waals surface area contributed by atoms with E-state index in [1.165, 1.54) is 5.56 Å². The van der Waals surface area contributed by atoms with Crippen LogP contribution in [-0.2, 0) is 18.4 Å². The third-order valence-corrected chi connectivity index (χ3v) is 4.65. The second-order valence-corrected chi connectivity index (χ2v) is 6.37. The second-order valence-electron chi connectivity index (χ2n) is 4.57. The molecule has 0 amide bonds. The van der Waals surface area contributed by atoms with Crippen LogP contribution in [0.1, 0.15) is 22.4 Å². The van der Waals surface area contributed by atoms with Gasteiger partial charge in [-0.25, -0.2) is 0 Å². The minimum Gasteiger partial charge on any atom is -0.385 e. The Morgan fingerprint density at radius 1 is 1.24 bits per heavy atom. The third kappa shape index (κ3) is 2.01. The Kier molecular flexibility index (Phi) is 2.74. The van der Waals surface area contributed by atoms with Crippen molar-refractivity contribution in [2.24, 2.45) is 0 Å². The lowest BCUT2D eigenvalue weighted by atomic mass is 9.92. The number of aliphatic hydroxyl groups is 1. The van der Waals surface area contributed by atoms with E-state index in [0.717, 1.165) is 27.6 Å².